The summed E-state index contributed by atoms with van der Waals surface area (Å²) < 4.78 is 0. The molecular weight excluding hydrogens is 336 g/mol. The molecule has 2 heterocycles. The number of carboxylic acid groups (broad SMARTS) is 1. The molecule has 1 aliphatic rings. The Morgan fingerprint density at radius 1 is 1.00 bits per heavy atom. The molecule has 4 rings (SSSR count). The highest BCUT2D eigenvalue weighted by Crippen LogP contribution is 2.39. The maximum Gasteiger partial charge on any atom is 0.338 e. The number of hydrogen-bond acceptors (Lipinski definition) is 3. The molecule has 0 unspecified atom stereocenters. The smallest absolute Gasteiger partial charge is 0.338 e. The Bertz CT molecular complexity index is 1000. The first-order chi connectivity index (χ1) is 13.1. The average Bonchev–Trinajstić information content (AvgIpc) is 2.68. The van der Waals surface area contributed by atoms with E-state index in [2.05, 4.69) is 24.0 Å². The van der Waals surface area contributed by atoms with Crippen molar-refractivity contribution in [3.05, 3.63) is 59.2 Å². The molecule has 0 aliphatic carbocycles. The van der Waals surface area contributed by atoms with Crippen LogP contribution in [0.15, 0.2) is 42.5 Å². The summed E-state index contributed by atoms with van der Waals surface area (Å²) in [5.41, 5.74) is 5.82. The molecule has 4 heteroatoms. The third-order valence-electron chi connectivity index (χ3n) is 5.40. The van der Waals surface area contributed by atoms with Gasteiger partial charge in [0.15, 0.2) is 0 Å². The molecule has 0 spiro atoms. The highest BCUT2D eigenvalue weighted by molar-refractivity contribution is 6.11. The maximum atomic E-state index is 12.4. The van der Waals surface area contributed by atoms with E-state index in [0.717, 1.165) is 59.3 Å². The Kier molecular flexibility index (Phi) is 4.56. The second-order valence-electron chi connectivity index (χ2n) is 7.37. The zero-order chi connectivity index (χ0) is 19.0. The van der Waals surface area contributed by atoms with Gasteiger partial charge in [0.1, 0.15) is 0 Å². The molecule has 1 aliphatic heterocycles. The number of anilines is 1. The molecule has 0 bridgehead atoms. The van der Waals surface area contributed by atoms with E-state index in [-0.39, 0.29) is 0 Å². The second-order valence-corrected chi connectivity index (χ2v) is 7.37. The zero-order valence-corrected chi connectivity index (χ0v) is 15.8. The van der Waals surface area contributed by atoms with E-state index in [9.17, 15) is 9.90 Å². The number of para-hydroxylation sites is 1. The molecule has 1 N–H and O–H groups in total. The molecule has 0 atom stereocenters. The van der Waals surface area contributed by atoms with Gasteiger partial charge in [-0.3, -0.25) is 0 Å². The van der Waals surface area contributed by atoms with Crippen LogP contribution in [0, 0.1) is 13.8 Å². The van der Waals surface area contributed by atoms with Crippen molar-refractivity contribution in [2.45, 2.75) is 33.1 Å². The fourth-order valence-corrected chi connectivity index (χ4v) is 3.97. The van der Waals surface area contributed by atoms with Crippen LogP contribution in [0.2, 0.25) is 0 Å². The van der Waals surface area contributed by atoms with Gasteiger partial charge >= 0.3 is 5.97 Å². The Labute approximate surface area is 159 Å². The van der Waals surface area contributed by atoms with Crippen molar-refractivity contribution < 1.29 is 9.90 Å². The first kappa shape index (κ1) is 17.5. The molecule has 27 heavy (non-hydrogen) atoms. The first-order valence-corrected chi connectivity index (χ1v) is 9.55. The van der Waals surface area contributed by atoms with Crippen LogP contribution in [-0.2, 0) is 0 Å². The predicted molar refractivity (Wildman–Crippen MR) is 110 cm³/mol. The lowest BCUT2D eigenvalue weighted by Gasteiger charge is -2.32. The van der Waals surface area contributed by atoms with Gasteiger partial charge in [-0.25, -0.2) is 9.78 Å². The van der Waals surface area contributed by atoms with Crippen LogP contribution in [0.5, 0.6) is 0 Å². The summed E-state index contributed by atoms with van der Waals surface area (Å²) >= 11 is 0. The van der Waals surface area contributed by atoms with Crippen molar-refractivity contribution in [2.24, 2.45) is 0 Å². The number of benzene rings is 2. The molecule has 2 aromatic carbocycles. The van der Waals surface area contributed by atoms with Crippen LogP contribution in [0.1, 0.15) is 40.7 Å². The van der Waals surface area contributed by atoms with Crippen LogP contribution in [0.4, 0.5) is 5.69 Å². The van der Waals surface area contributed by atoms with E-state index in [0.29, 0.717) is 5.56 Å². The Hall–Kier alpha value is -2.88. The number of piperidine rings is 1. The quantitative estimate of drug-likeness (QED) is 0.697. The van der Waals surface area contributed by atoms with Crippen molar-refractivity contribution in [1.82, 2.24) is 4.98 Å². The highest BCUT2D eigenvalue weighted by atomic mass is 16.4. The van der Waals surface area contributed by atoms with Gasteiger partial charge in [0, 0.05) is 24.0 Å². The summed E-state index contributed by atoms with van der Waals surface area (Å²) in [5, 5.41) is 10.9. The van der Waals surface area contributed by atoms with Crippen molar-refractivity contribution in [1.29, 1.82) is 0 Å². The Balaban J connectivity index is 2.08. The van der Waals surface area contributed by atoms with Crippen LogP contribution in [0.25, 0.3) is 22.2 Å². The summed E-state index contributed by atoms with van der Waals surface area (Å²) in [4.78, 5) is 19.6. The van der Waals surface area contributed by atoms with Crippen molar-refractivity contribution in [2.75, 3.05) is 18.0 Å². The molecule has 0 amide bonds. The number of aromatic carboxylic acids is 1. The molecule has 0 radical (unpaired) electrons. The summed E-state index contributed by atoms with van der Waals surface area (Å²) in [6.07, 6.45) is 3.36. The minimum atomic E-state index is -0.887. The second kappa shape index (κ2) is 7.03. The largest absolute Gasteiger partial charge is 0.478 e. The minimum Gasteiger partial charge on any atom is -0.478 e. The number of carbonyl (C=O) groups is 1. The third-order valence-corrected chi connectivity index (χ3v) is 5.40. The lowest BCUT2D eigenvalue weighted by atomic mass is 9.97. The monoisotopic (exact) mass is 360 g/mol. The SMILES string of the molecule is Cc1ccc(-c2nc3c(C)cccc3c(C(=O)O)c2N2CCCCC2)cc1. The summed E-state index contributed by atoms with van der Waals surface area (Å²) in [5.74, 6) is -0.887. The van der Waals surface area contributed by atoms with E-state index in [1.807, 2.05) is 37.3 Å². The molecule has 1 fully saturated rings. The van der Waals surface area contributed by atoms with Gasteiger partial charge in [-0.2, -0.15) is 0 Å². The fourth-order valence-electron chi connectivity index (χ4n) is 3.97. The van der Waals surface area contributed by atoms with Crippen molar-refractivity contribution >= 4 is 22.6 Å². The van der Waals surface area contributed by atoms with Gasteiger partial charge in [-0.15, -0.1) is 0 Å². The van der Waals surface area contributed by atoms with Crippen LogP contribution in [0.3, 0.4) is 0 Å². The highest BCUT2D eigenvalue weighted by Gasteiger charge is 2.26. The van der Waals surface area contributed by atoms with E-state index in [4.69, 9.17) is 4.98 Å². The van der Waals surface area contributed by atoms with Crippen LogP contribution >= 0.6 is 0 Å². The first-order valence-electron chi connectivity index (χ1n) is 9.55. The molecular formula is C23H24N2O2. The van der Waals surface area contributed by atoms with Gasteiger partial charge in [0.2, 0.25) is 0 Å². The summed E-state index contributed by atoms with van der Waals surface area (Å²) in [6.45, 7) is 5.78. The van der Waals surface area contributed by atoms with Crippen molar-refractivity contribution in [3.8, 4) is 11.3 Å². The van der Waals surface area contributed by atoms with Gasteiger partial charge in [0.05, 0.1) is 22.5 Å². The molecule has 1 saturated heterocycles. The van der Waals surface area contributed by atoms with E-state index in [1.165, 1.54) is 12.0 Å². The van der Waals surface area contributed by atoms with Crippen LogP contribution in [-0.4, -0.2) is 29.1 Å². The molecule has 0 saturated carbocycles. The maximum absolute atomic E-state index is 12.4. The number of aryl methyl sites for hydroxylation is 2. The number of hydrogen-bond donors (Lipinski definition) is 1. The topological polar surface area (TPSA) is 53.4 Å². The van der Waals surface area contributed by atoms with Gasteiger partial charge in [-0.1, -0.05) is 48.0 Å². The fraction of sp³-hybridized carbons (Fsp3) is 0.304. The molecule has 4 nitrogen and oxygen atoms in total. The predicted octanol–water partition coefficient (Wildman–Crippen LogP) is 5.21. The zero-order valence-electron chi connectivity index (χ0n) is 15.8. The standard InChI is InChI=1S/C23H24N2O2/c1-15-9-11-17(12-10-15)21-22(25-13-4-3-5-14-25)19(23(26)27)18-8-6-7-16(2)20(18)24-21/h6-12H,3-5,13-14H2,1-2H3,(H,26,27). The minimum absolute atomic E-state index is 0.376. The number of carboxylic acids is 1. The van der Waals surface area contributed by atoms with Gasteiger partial charge in [-0.05, 0) is 38.7 Å². The van der Waals surface area contributed by atoms with Crippen molar-refractivity contribution in [3.63, 3.8) is 0 Å². The van der Waals surface area contributed by atoms with Gasteiger partial charge < -0.3 is 10.0 Å². The number of aromatic nitrogens is 1. The Morgan fingerprint density at radius 2 is 1.70 bits per heavy atom. The summed E-state index contributed by atoms with van der Waals surface area (Å²) in [7, 11) is 0. The number of nitrogens with zero attached hydrogens (tertiary/aromatic N) is 2. The molecule has 3 aromatic rings. The van der Waals surface area contributed by atoms with E-state index >= 15 is 0 Å². The number of fused-ring (bicyclic) bond motifs is 1. The van der Waals surface area contributed by atoms with Crippen LogP contribution < -0.4 is 4.90 Å². The van der Waals surface area contributed by atoms with E-state index < -0.39 is 5.97 Å². The molecule has 138 valence electrons. The van der Waals surface area contributed by atoms with Gasteiger partial charge in [0.25, 0.3) is 0 Å². The number of rotatable bonds is 3. The Morgan fingerprint density at radius 3 is 2.37 bits per heavy atom. The van der Waals surface area contributed by atoms with E-state index in [1.54, 1.807) is 0 Å². The normalized spacial score (nSPS) is 14.5. The average molecular weight is 360 g/mol. The third kappa shape index (κ3) is 3.16. The molecule has 1 aromatic heterocycles. The lowest BCUT2D eigenvalue weighted by molar-refractivity contribution is 0.0699. The summed E-state index contributed by atoms with van der Waals surface area (Å²) in [6, 6.07) is 14.0. The number of pyridine rings is 1. The lowest BCUT2D eigenvalue weighted by Crippen LogP contribution is -2.31.